The largest absolute Gasteiger partial charge is 0.480 e. The molecule has 11 heteroatoms. The summed E-state index contributed by atoms with van der Waals surface area (Å²) in [4.78, 5) is 68.0. The van der Waals surface area contributed by atoms with Gasteiger partial charge in [0.2, 0.25) is 11.8 Å². The van der Waals surface area contributed by atoms with Gasteiger partial charge in [-0.15, -0.1) is 0 Å². The maximum Gasteiger partial charge on any atom is 0.329 e. The third-order valence-corrected chi connectivity index (χ3v) is 7.39. The highest BCUT2D eigenvalue weighted by atomic mass is 32.2. The molecule has 0 aliphatic rings. The van der Waals surface area contributed by atoms with Gasteiger partial charge >= 0.3 is 11.7 Å². The molecule has 0 spiro atoms. The van der Waals surface area contributed by atoms with E-state index in [0.717, 1.165) is 4.57 Å². The second-order valence-corrected chi connectivity index (χ2v) is 10.4. The number of rotatable bonds is 13. The molecule has 4 unspecified atom stereocenters. The van der Waals surface area contributed by atoms with Crippen molar-refractivity contribution in [3.63, 3.8) is 0 Å². The van der Waals surface area contributed by atoms with Crippen LogP contribution in [0.25, 0.3) is 10.9 Å². The molecule has 4 N–H and O–H groups in total. The van der Waals surface area contributed by atoms with Gasteiger partial charge in [-0.25, -0.2) is 14.2 Å². The predicted molar refractivity (Wildman–Crippen MR) is 152 cm³/mol. The number of thioether (sulfide) groups is 1. The normalized spacial score (nSPS) is 14.2. The number of para-hydroxylation sites is 1. The van der Waals surface area contributed by atoms with Crippen LogP contribution in [0.2, 0.25) is 0 Å². The van der Waals surface area contributed by atoms with Crippen LogP contribution >= 0.6 is 11.8 Å². The zero-order chi connectivity index (χ0) is 28.5. The van der Waals surface area contributed by atoms with Gasteiger partial charge in [0, 0.05) is 6.42 Å². The van der Waals surface area contributed by atoms with Crippen LogP contribution in [-0.2, 0) is 20.8 Å². The number of hydrogen-bond acceptors (Lipinski definition) is 6. The molecular weight excluding hydrogens is 520 g/mol. The van der Waals surface area contributed by atoms with Crippen molar-refractivity contribution in [2.75, 3.05) is 12.0 Å². The van der Waals surface area contributed by atoms with Crippen molar-refractivity contribution in [1.82, 2.24) is 20.2 Å². The summed E-state index contributed by atoms with van der Waals surface area (Å²) < 4.78 is 0.884. The third-order valence-electron chi connectivity index (χ3n) is 6.74. The van der Waals surface area contributed by atoms with Crippen molar-refractivity contribution in [1.29, 1.82) is 0 Å². The second-order valence-electron chi connectivity index (χ2n) is 9.41. The molecule has 1 aromatic heterocycles. The lowest BCUT2D eigenvalue weighted by Crippen LogP contribution is -2.56. The minimum Gasteiger partial charge on any atom is -0.480 e. The Labute approximate surface area is 230 Å². The van der Waals surface area contributed by atoms with E-state index in [2.05, 4.69) is 15.6 Å². The van der Waals surface area contributed by atoms with E-state index in [1.54, 1.807) is 55.5 Å². The first-order valence-corrected chi connectivity index (χ1v) is 14.2. The number of fused-ring (bicyclic) bond motifs is 1. The Balaban J connectivity index is 2.00. The highest BCUT2D eigenvalue weighted by molar-refractivity contribution is 7.98. The molecule has 2 amide bonds. The van der Waals surface area contributed by atoms with Gasteiger partial charge in [0.15, 0.2) is 0 Å². The van der Waals surface area contributed by atoms with Crippen LogP contribution < -0.4 is 21.9 Å². The maximum absolute atomic E-state index is 13.8. The van der Waals surface area contributed by atoms with Gasteiger partial charge in [0.1, 0.15) is 18.1 Å². The average molecular weight is 555 g/mol. The number of carboxylic acid groups (broad SMARTS) is 1. The van der Waals surface area contributed by atoms with E-state index in [9.17, 15) is 29.1 Å². The molecule has 4 atom stereocenters. The summed E-state index contributed by atoms with van der Waals surface area (Å²) in [7, 11) is 0. The Kier molecular flexibility index (Phi) is 10.5. The van der Waals surface area contributed by atoms with Gasteiger partial charge in [-0.3, -0.25) is 14.4 Å². The second kappa shape index (κ2) is 13.8. The number of benzene rings is 2. The summed E-state index contributed by atoms with van der Waals surface area (Å²) in [5.41, 5.74) is -0.311. The quantitative estimate of drug-likeness (QED) is 0.253. The summed E-state index contributed by atoms with van der Waals surface area (Å²) in [5, 5.41) is 15.1. The smallest absolute Gasteiger partial charge is 0.329 e. The Hall–Kier alpha value is -3.86. The zero-order valence-corrected chi connectivity index (χ0v) is 23.0. The van der Waals surface area contributed by atoms with Crippen LogP contribution in [0.4, 0.5) is 0 Å². The van der Waals surface area contributed by atoms with Gasteiger partial charge in [-0.2, -0.15) is 11.8 Å². The molecular formula is C28H34N4O6S. The molecule has 3 rings (SSSR count). The molecule has 0 radical (unpaired) electrons. The number of aromatic amines is 1. The van der Waals surface area contributed by atoms with E-state index in [1.165, 1.54) is 11.8 Å². The van der Waals surface area contributed by atoms with Gasteiger partial charge in [-0.1, -0.05) is 62.7 Å². The topological polar surface area (TPSA) is 150 Å². The van der Waals surface area contributed by atoms with E-state index in [1.807, 2.05) is 19.2 Å². The first-order valence-electron chi connectivity index (χ1n) is 12.8. The molecule has 1 heterocycles. The van der Waals surface area contributed by atoms with E-state index in [0.29, 0.717) is 23.3 Å². The number of amides is 2. The van der Waals surface area contributed by atoms with Crippen molar-refractivity contribution in [2.24, 2.45) is 5.92 Å². The van der Waals surface area contributed by atoms with E-state index in [4.69, 9.17) is 0 Å². The van der Waals surface area contributed by atoms with Gasteiger partial charge < -0.3 is 20.7 Å². The average Bonchev–Trinajstić information content (AvgIpc) is 2.93. The Morgan fingerprint density at radius 1 is 1.00 bits per heavy atom. The van der Waals surface area contributed by atoms with Crippen molar-refractivity contribution >= 4 is 40.4 Å². The molecule has 0 aliphatic heterocycles. The number of nitrogens with zero attached hydrogens (tertiary/aromatic N) is 1. The summed E-state index contributed by atoms with van der Waals surface area (Å²) in [5.74, 6) is -2.32. The van der Waals surface area contributed by atoms with Crippen molar-refractivity contribution < 1.29 is 19.5 Å². The number of hydrogen-bond donors (Lipinski definition) is 4. The molecule has 10 nitrogen and oxygen atoms in total. The molecule has 3 aromatic rings. The van der Waals surface area contributed by atoms with E-state index in [-0.39, 0.29) is 24.1 Å². The van der Waals surface area contributed by atoms with Crippen LogP contribution in [0.5, 0.6) is 0 Å². The fourth-order valence-electron chi connectivity index (χ4n) is 4.30. The van der Waals surface area contributed by atoms with Crippen LogP contribution in [0.1, 0.15) is 38.3 Å². The highest BCUT2D eigenvalue weighted by Gasteiger charge is 2.33. The monoisotopic (exact) mass is 554 g/mol. The molecule has 2 aromatic carbocycles. The fraction of sp³-hybridized carbons (Fsp3) is 0.393. The number of aliphatic carboxylic acids is 1. The highest BCUT2D eigenvalue weighted by Crippen LogP contribution is 2.16. The van der Waals surface area contributed by atoms with Crippen LogP contribution in [-0.4, -0.2) is 56.5 Å². The first kappa shape index (κ1) is 29.7. The Morgan fingerprint density at radius 3 is 2.31 bits per heavy atom. The molecule has 0 saturated heterocycles. The number of nitrogens with one attached hydrogen (secondary N) is 3. The predicted octanol–water partition coefficient (Wildman–Crippen LogP) is 2.33. The number of H-pyrrole nitrogens is 1. The van der Waals surface area contributed by atoms with E-state index < -0.39 is 47.2 Å². The lowest BCUT2D eigenvalue weighted by molar-refractivity contribution is -0.142. The van der Waals surface area contributed by atoms with Crippen molar-refractivity contribution in [3.05, 3.63) is 81.0 Å². The molecule has 0 fully saturated rings. The number of carbonyl (C=O) groups excluding carboxylic acids is 2. The minimum atomic E-state index is -1.26. The molecule has 39 heavy (non-hydrogen) atoms. The lowest BCUT2D eigenvalue weighted by atomic mass is 9.96. The summed E-state index contributed by atoms with van der Waals surface area (Å²) >= 11 is 1.46. The van der Waals surface area contributed by atoms with Crippen LogP contribution in [0.3, 0.4) is 0 Å². The van der Waals surface area contributed by atoms with Crippen molar-refractivity contribution in [3.8, 4) is 0 Å². The third kappa shape index (κ3) is 7.38. The lowest BCUT2D eigenvalue weighted by Gasteiger charge is -2.28. The molecule has 0 aliphatic carbocycles. The number of aromatic nitrogens is 2. The van der Waals surface area contributed by atoms with Gasteiger partial charge in [-0.05, 0) is 42.0 Å². The molecule has 0 bridgehead atoms. The molecule has 0 saturated carbocycles. The van der Waals surface area contributed by atoms with E-state index >= 15 is 0 Å². The van der Waals surface area contributed by atoms with Gasteiger partial charge in [0.05, 0.1) is 10.9 Å². The van der Waals surface area contributed by atoms with Crippen LogP contribution in [0.15, 0.2) is 64.2 Å². The number of carboxylic acids is 1. The van der Waals surface area contributed by atoms with Crippen molar-refractivity contribution in [2.45, 2.75) is 51.2 Å². The van der Waals surface area contributed by atoms with Gasteiger partial charge in [0.25, 0.3) is 5.56 Å². The summed E-state index contributed by atoms with van der Waals surface area (Å²) in [6.45, 7) is 3.61. The Bertz CT molecular complexity index is 1420. The number of carbonyl (C=O) groups is 3. The standard InChI is InChI=1S/C28H34N4O6S/c1-4-17(2)23(25(34)29-21(27(36)37)14-15-39-3)31-24(33)22(16-18-10-6-5-7-11-18)32-26(35)19-12-8-9-13-20(19)30-28(32)38/h5-13,17,21-23H,4,14-16H2,1-3H3,(H,29,34)(H,30,38)(H,31,33)(H,36,37). The molecule has 208 valence electrons. The fourth-order valence-corrected chi connectivity index (χ4v) is 4.78. The maximum atomic E-state index is 13.8. The SMILES string of the molecule is CCC(C)C(NC(=O)C(Cc1ccccc1)n1c(=O)[nH]c2ccccc2c1=O)C(=O)NC(CCSC)C(=O)O. The van der Waals surface area contributed by atoms with Crippen LogP contribution in [0, 0.1) is 5.92 Å². The first-order chi connectivity index (χ1) is 18.7. The summed E-state index contributed by atoms with van der Waals surface area (Å²) in [6.07, 6.45) is 2.60. The summed E-state index contributed by atoms with van der Waals surface area (Å²) in [6, 6.07) is 12.0. The zero-order valence-electron chi connectivity index (χ0n) is 22.2. The Morgan fingerprint density at radius 2 is 1.67 bits per heavy atom. The minimum absolute atomic E-state index is 0.0221.